The molecule has 6 heteroatoms. The van der Waals surface area contributed by atoms with E-state index < -0.39 is 5.69 Å². The molecule has 6 nitrogen and oxygen atoms in total. The number of hydrogen-bond acceptors (Lipinski definition) is 3. The van der Waals surface area contributed by atoms with Crippen molar-refractivity contribution >= 4 is 5.82 Å². The van der Waals surface area contributed by atoms with Crippen molar-refractivity contribution in [3.63, 3.8) is 0 Å². The van der Waals surface area contributed by atoms with Crippen molar-refractivity contribution in [2.45, 2.75) is 13.5 Å². The minimum Gasteiger partial charge on any atom is -0.347 e. The predicted octanol–water partition coefficient (Wildman–Crippen LogP) is 0.739. The lowest BCUT2D eigenvalue weighted by Gasteiger charge is -2.33. The van der Waals surface area contributed by atoms with E-state index in [4.69, 9.17) is 0 Å². The number of benzene rings is 2. The lowest BCUT2D eigenvalue weighted by Crippen LogP contribution is -3.13. The average molecular weight is 377 g/mol. The highest BCUT2D eigenvalue weighted by atomic mass is 16.2. The number of rotatable bonds is 4. The molecule has 2 heterocycles. The van der Waals surface area contributed by atoms with E-state index >= 15 is 0 Å². The molecule has 0 saturated carbocycles. The van der Waals surface area contributed by atoms with Crippen LogP contribution in [0.5, 0.6) is 0 Å². The van der Waals surface area contributed by atoms with Crippen molar-refractivity contribution in [1.29, 1.82) is 0 Å². The standard InChI is InChI=1S/C22H24N4O2/c1-17-7-9-19(10-8-17)26-21(27)15-20(23-22(26)28)25-13-11-24(12-14-25)16-18-5-3-2-4-6-18/h2-10,15H,11-14,16H2,1H3,(H,23,28)/p+1. The first kappa shape index (κ1) is 18.3. The van der Waals surface area contributed by atoms with E-state index in [1.54, 1.807) is 12.1 Å². The summed E-state index contributed by atoms with van der Waals surface area (Å²) in [6.07, 6.45) is 0. The Bertz CT molecular complexity index is 1020. The van der Waals surface area contributed by atoms with E-state index in [2.05, 4.69) is 34.1 Å². The fraction of sp³-hybridized carbons (Fsp3) is 0.273. The Morgan fingerprint density at radius 3 is 2.29 bits per heavy atom. The smallest absolute Gasteiger partial charge is 0.334 e. The van der Waals surface area contributed by atoms with Crippen LogP contribution in [0, 0.1) is 6.92 Å². The number of nitrogens with one attached hydrogen (secondary N) is 2. The van der Waals surface area contributed by atoms with Gasteiger partial charge in [-0.25, -0.2) is 9.36 Å². The molecule has 3 aromatic rings. The second kappa shape index (κ2) is 7.86. The Labute approximate surface area is 163 Å². The number of aryl methyl sites for hydroxylation is 1. The van der Waals surface area contributed by atoms with Gasteiger partial charge >= 0.3 is 5.69 Å². The molecule has 0 amide bonds. The summed E-state index contributed by atoms with van der Waals surface area (Å²) in [5, 5.41) is 0. The van der Waals surface area contributed by atoms with Crippen molar-refractivity contribution in [2.75, 3.05) is 31.1 Å². The summed E-state index contributed by atoms with van der Waals surface area (Å²) in [6.45, 7) is 6.54. The summed E-state index contributed by atoms with van der Waals surface area (Å²) in [4.78, 5) is 31.7. The molecule has 1 fully saturated rings. The molecule has 0 spiro atoms. The molecule has 2 aromatic carbocycles. The predicted molar refractivity (Wildman–Crippen MR) is 110 cm³/mol. The first-order chi connectivity index (χ1) is 13.6. The third-order valence-corrected chi connectivity index (χ3v) is 5.32. The van der Waals surface area contributed by atoms with E-state index in [1.807, 2.05) is 25.1 Å². The maximum atomic E-state index is 12.6. The fourth-order valence-electron chi connectivity index (χ4n) is 3.72. The molecule has 1 aromatic heterocycles. The van der Waals surface area contributed by atoms with Crippen LogP contribution < -0.4 is 21.0 Å². The van der Waals surface area contributed by atoms with Gasteiger partial charge in [-0.05, 0) is 19.1 Å². The van der Waals surface area contributed by atoms with E-state index in [0.29, 0.717) is 11.5 Å². The van der Waals surface area contributed by atoms with E-state index in [1.165, 1.54) is 21.1 Å². The van der Waals surface area contributed by atoms with Crippen LogP contribution in [-0.4, -0.2) is 35.7 Å². The van der Waals surface area contributed by atoms with E-state index in [-0.39, 0.29) is 5.56 Å². The second-order valence-corrected chi connectivity index (χ2v) is 7.37. The van der Waals surface area contributed by atoms with Crippen molar-refractivity contribution in [3.8, 4) is 5.69 Å². The van der Waals surface area contributed by atoms with E-state index in [0.717, 1.165) is 38.3 Å². The molecule has 28 heavy (non-hydrogen) atoms. The van der Waals surface area contributed by atoms with Gasteiger partial charge in [-0.1, -0.05) is 48.0 Å². The lowest BCUT2D eigenvalue weighted by atomic mass is 10.2. The molecule has 1 aliphatic heterocycles. The minimum absolute atomic E-state index is 0.304. The Morgan fingerprint density at radius 2 is 1.64 bits per heavy atom. The number of aromatic amines is 1. The second-order valence-electron chi connectivity index (χ2n) is 7.37. The topological polar surface area (TPSA) is 62.5 Å². The number of piperazine rings is 1. The zero-order valence-electron chi connectivity index (χ0n) is 16.0. The molecule has 1 saturated heterocycles. The van der Waals surface area contributed by atoms with Gasteiger partial charge in [0.15, 0.2) is 0 Å². The molecule has 4 rings (SSSR count). The van der Waals surface area contributed by atoms with Gasteiger partial charge in [-0.2, -0.15) is 0 Å². The molecule has 0 unspecified atom stereocenters. The quantitative estimate of drug-likeness (QED) is 0.705. The lowest BCUT2D eigenvalue weighted by molar-refractivity contribution is -0.914. The van der Waals surface area contributed by atoms with E-state index in [9.17, 15) is 9.59 Å². The highest BCUT2D eigenvalue weighted by molar-refractivity contribution is 5.40. The SMILES string of the molecule is Cc1ccc(-n2c(=O)cc(N3CC[NH+](Cc4ccccc4)CC3)[nH]c2=O)cc1. The summed E-state index contributed by atoms with van der Waals surface area (Å²) in [5.74, 6) is 0.608. The number of aromatic nitrogens is 2. The zero-order valence-corrected chi connectivity index (χ0v) is 16.0. The Balaban J connectivity index is 1.48. The van der Waals surface area contributed by atoms with Gasteiger partial charge in [0.05, 0.1) is 31.9 Å². The zero-order chi connectivity index (χ0) is 19.5. The molecule has 0 atom stereocenters. The van der Waals surface area contributed by atoms with Gasteiger partial charge in [-0.15, -0.1) is 0 Å². The third kappa shape index (κ3) is 3.92. The number of nitrogens with zero attached hydrogens (tertiary/aromatic N) is 2. The van der Waals surface area contributed by atoms with Crippen molar-refractivity contribution < 1.29 is 4.90 Å². The maximum Gasteiger partial charge on any atom is 0.334 e. The summed E-state index contributed by atoms with van der Waals surface area (Å²) < 4.78 is 1.18. The van der Waals surface area contributed by atoms with Gasteiger partial charge in [-0.3, -0.25) is 9.78 Å². The summed E-state index contributed by atoms with van der Waals surface area (Å²) in [5.41, 5.74) is 2.30. The summed E-state index contributed by atoms with van der Waals surface area (Å²) in [7, 11) is 0. The number of H-pyrrole nitrogens is 1. The third-order valence-electron chi connectivity index (χ3n) is 5.32. The molecule has 0 aliphatic carbocycles. The van der Waals surface area contributed by atoms with Crippen LogP contribution in [0.3, 0.4) is 0 Å². The van der Waals surface area contributed by atoms with Gasteiger partial charge in [0.1, 0.15) is 12.4 Å². The number of anilines is 1. The molecule has 2 N–H and O–H groups in total. The largest absolute Gasteiger partial charge is 0.347 e. The normalized spacial score (nSPS) is 15.0. The molecule has 1 aliphatic rings. The molecular weight excluding hydrogens is 352 g/mol. The highest BCUT2D eigenvalue weighted by Gasteiger charge is 2.22. The first-order valence-electron chi connectivity index (χ1n) is 9.66. The minimum atomic E-state index is -0.398. The maximum absolute atomic E-state index is 12.6. The van der Waals surface area contributed by atoms with Gasteiger partial charge in [0, 0.05) is 11.6 Å². The fourth-order valence-corrected chi connectivity index (χ4v) is 3.72. The van der Waals surface area contributed by atoms with Crippen LogP contribution in [0.25, 0.3) is 5.69 Å². The Morgan fingerprint density at radius 1 is 0.964 bits per heavy atom. The van der Waals surface area contributed by atoms with Crippen LogP contribution in [0.2, 0.25) is 0 Å². The molecule has 0 bridgehead atoms. The van der Waals surface area contributed by atoms with Crippen LogP contribution in [0.1, 0.15) is 11.1 Å². The molecule has 144 valence electrons. The van der Waals surface area contributed by atoms with Crippen LogP contribution in [-0.2, 0) is 6.54 Å². The monoisotopic (exact) mass is 377 g/mol. The van der Waals surface area contributed by atoms with Crippen molar-refractivity contribution in [3.05, 3.63) is 92.6 Å². The first-order valence-corrected chi connectivity index (χ1v) is 9.66. The van der Waals surface area contributed by atoms with Crippen LogP contribution in [0.15, 0.2) is 70.3 Å². The van der Waals surface area contributed by atoms with Gasteiger partial charge in [0.2, 0.25) is 0 Å². The number of quaternary nitrogens is 1. The van der Waals surface area contributed by atoms with Gasteiger partial charge in [0.25, 0.3) is 5.56 Å². The Hall–Kier alpha value is -3.12. The average Bonchev–Trinajstić information content (AvgIpc) is 2.70. The molecular formula is C22H25N4O2+. The van der Waals surface area contributed by atoms with Crippen molar-refractivity contribution in [1.82, 2.24) is 9.55 Å². The summed E-state index contributed by atoms with van der Waals surface area (Å²) in [6, 6.07) is 19.4. The van der Waals surface area contributed by atoms with Crippen LogP contribution in [0.4, 0.5) is 5.82 Å². The van der Waals surface area contributed by atoms with Crippen molar-refractivity contribution in [2.24, 2.45) is 0 Å². The number of hydrogen-bond donors (Lipinski definition) is 2. The van der Waals surface area contributed by atoms with Gasteiger partial charge < -0.3 is 9.80 Å². The molecule has 0 radical (unpaired) electrons. The highest BCUT2D eigenvalue weighted by Crippen LogP contribution is 2.08. The van der Waals surface area contributed by atoms with Crippen LogP contribution >= 0.6 is 0 Å². The summed E-state index contributed by atoms with van der Waals surface area (Å²) >= 11 is 0. The Kier molecular flexibility index (Phi) is 5.12.